The molecule has 33 heavy (non-hydrogen) atoms. The Hall–Kier alpha value is -2.98. The Morgan fingerprint density at radius 1 is 1.27 bits per heavy atom. The van der Waals surface area contributed by atoms with Crippen molar-refractivity contribution in [1.82, 2.24) is 29.9 Å². The van der Waals surface area contributed by atoms with Gasteiger partial charge in [0, 0.05) is 77.2 Å². The minimum Gasteiger partial charge on any atom is -0.390 e. The lowest BCUT2D eigenvalue weighted by molar-refractivity contribution is -0.129. The highest BCUT2D eigenvalue weighted by Gasteiger charge is 2.23. The van der Waals surface area contributed by atoms with Crippen LogP contribution in [0.4, 0.5) is 5.82 Å². The number of rotatable bonds is 7. The van der Waals surface area contributed by atoms with Crippen LogP contribution in [0.25, 0.3) is 0 Å². The quantitative estimate of drug-likeness (QED) is 0.553. The zero-order valence-corrected chi connectivity index (χ0v) is 19.3. The van der Waals surface area contributed by atoms with Gasteiger partial charge in [-0.1, -0.05) is 0 Å². The number of hydrogen-bond acceptors (Lipinski definition) is 7. The number of nitrogens with one attached hydrogen (secondary N) is 2. The molecule has 2 aromatic heterocycles. The molecule has 178 valence electrons. The summed E-state index contributed by atoms with van der Waals surface area (Å²) in [5.41, 5.74) is 2.82. The van der Waals surface area contributed by atoms with Crippen LogP contribution in [0.15, 0.2) is 24.5 Å². The molecule has 0 spiro atoms. The fourth-order valence-electron chi connectivity index (χ4n) is 4.52. The van der Waals surface area contributed by atoms with E-state index in [1.165, 1.54) is 5.56 Å². The number of aryl methyl sites for hydroxylation is 1. The van der Waals surface area contributed by atoms with Crippen LogP contribution in [0.1, 0.15) is 41.4 Å². The van der Waals surface area contributed by atoms with Gasteiger partial charge in [0.1, 0.15) is 5.82 Å². The summed E-state index contributed by atoms with van der Waals surface area (Å²) in [7, 11) is 1.92. The number of β-amino-alcohol motifs (C(OH)–C–C–N with tert-alkyl or cyclic N) is 1. The second-order valence-electron chi connectivity index (χ2n) is 8.98. The monoisotopic (exact) mass is 455 g/mol. The second kappa shape index (κ2) is 10.3. The molecule has 0 bridgehead atoms. The van der Waals surface area contributed by atoms with E-state index in [9.17, 15) is 14.7 Å². The number of aliphatic hydroxyl groups excluding tert-OH is 1. The maximum atomic E-state index is 12.6. The molecule has 2 aliphatic rings. The molecule has 3 N–H and O–H groups in total. The number of hydrogen-bond donors (Lipinski definition) is 3. The predicted molar refractivity (Wildman–Crippen MR) is 124 cm³/mol. The number of pyridine rings is 1. The maximum Gasteiger partial charge on any atom is 0.251 e. The van der Waals surface area contributed by atoms with E-state index in [1.807, 2.05) is 16.6 Å². The van der Waals surface area contributed by atoms with Gasteiger partial charge in [-0.15, -0.1) is 0 Å². The molecule has 4 heterocycles. The summed E-state index contributed by atoms with van der Waals surface area (Å²) in [5, 5.41) is 21.1. The van der Waals surface area contributed by atoms with Crippen LogP contribution < -0.4 is 10.6 Å². The molecule has 0 radical (unpaired) electrons. The summed E-state index contributed by atoms with van der Waals surface area (Å²) in [6.45, 7) is 5.29. The van der Waals surface area contributed by atoms with Crippen LogP contribution in [0, 0.1) is 0 Å². The van der Waals surface area contributed by atoms with E-state index < -0.39 is 6.10 Å². The lowest BCUT2D eigenvalue weighted by Gasteiger charge is -2.32. The molecule has 0 aliphatic carbocycles. The van der Waals surface area contributed by atoms with Crippen LogP contribution in [-0.4, -0.2) is 86.4 Å². The fraction of sp³-hybridized carbons (Fsp3) is 0.565. The van der Waals surface area contributed by atoms with Crippen molar-refractivity contribution in [3.8, 4) is 0 Å². The maximum absolute atomic E-state index is 12.6. The van der Waals surface area contributed by atoms with E-state index in [1.54, 1.807) is 25.3 Å². The largest absolute Gasteiger partial charge is 0.390 e. The summed E-state index contributed by atoms with van der Waals surface area (Å²) >= 11 is 0. The SMILES string of the molecule is CC(=O)N1CCC(Nc2cc(C(=O)NC[C@H](O)CN3CCc4cn(C)nc4C3)ccn2)CC1. The third-order valence-electron chi connectivity index (χ3n) is 6.34. The number of aliphatic hydroxyl groups is 1. The molecule has 10 nitrogen and oxygen atoms in total. The summed E-state index contributed by atoms with van der Waals surface area (Å²) < 4.78 is 1.83. The highest BCUT2D eigenvalue weighted by atomic mass is 16.3. The summed E-state index contributed by atoms with van der Waals surface area (Å²) in [6.07, 6.45) is 5.61. The van der Waals surface area contributed by atoms with Crippen LogP contribution in [0.5, 0.6) is 0 Å². The number of nitrogens with zero attached hydrogens (tertiary/aromatic N) is 5. The van der Waals surface area contributed by atoms with E-state index >= 15 is 0 Å². The van der Waals surface area contributed by atoms with E-state index in [0.29, 0.717) is 24.5 Å². The number of carbonyl (C=O) groups excluding carboxylic acids is 2. The molecule has 1 fully saturated rings. The number of likely N-dealkylation sites (tertiary alicyclic amines) is 1. The average Bonchev–Trinajstić information content (AvgIpc) is 3.17. The van der Waals surface area contributed by atoms with Gasteiger partial charge in [-0.25, -0.2) is 4.98 Å². The third-order valence-corrected chi connectivity index (χ3v) is 6.34. The van der Waals surface area contributed by atoms with Crippen molar-refractivity contribution in [2.75, 3.05) is 38.0 Å². The second-order valence-corrected chi connectivity index (χ2v) is 8.98. The number of piperidine rings is 1. The minimum atomic E-state index is -0.662. The van der Waals surface area contributed by atoms with Gasteiger partial charge in [0.2, 0.25) is 5.91 Å². The average molecular weight is 456 g/mol. The van der Waals surface area contributed by atoms with Crippen molar-refractivity contribution in [2.45, 2.75) is 44.9 Å². The Morgan fingerprint density at radius 2 is 2.06 bits per heavy atom. The molecular weight excluding hydrogens is 422 g/mol. The number of carbonyl (C=O) groups is 2. The molecule has 0 saturated carbocycles. The Balaban J connectivity index is 1.23. The first kappa shape index (κ1) is 23.2. The summed E-state index contributed by atoms with van der Waals surface area (Å²) in [4.78, 5) is 32.4. The molecule has 0 aromatic carbocycles. The number of anilines is 1. The van der Waals surface area contributed by atoms with Gasteiger partial charge >= 0.3 is 0 Å². The molecular formula is C23H33N7O3. The van der Waals surface area contributed by atoms with Crippen LogP contribution in [0.3, 0.4) is 0 Å². The molecule has 1 atom stereocenters. The highest BCUT2D eigenvalue weighted by Crippen LogP contribution is 2.18. The Morgan fingerprint density at radius 3 is 2.82 bits per heavy atom. The molecule has 2 aromatic rings. The van der Waals surface area contributed by atoms with E-state index in [2.05, 4.69) is 31.8 Å². The van der Waals surface area contributed by atoms with Gasteiger partial charge in [-0.05, 0) is 37.0 Å². The normalized spacial score (nSPS) is 18.0. The van der Waals surface area contributed by atoms with E-state index in [4.69, 9.17) is 0 Å². The Kier molecular flexibility index (Phi) is 7.24. The van der Waals surface area contributed by atoms with Gasteiger partial charge in [0.25, 0.3) is 5.91 Å². The van der Waals surface area contributed by atoms with Gasteiger partial charge in [0.15, 0.2) is 0 Å². The zero-order valence-electron chi connectivity index (χ0n) is 19.3. The summed E-state index contributed by atoms with van der Waals surface area (Å²) in [6, 6.07) is 3.61. The first-order valence-electron chi connectivity index (χ1n) is 11.6. The predicted octanol–water partition coefficient (Wildman–Crippen LogP) is 0.387. The fourth-order valence-corrected chi connectivity index (χ4v) is 4.52. The molecule has 4 rings (SSSR count). The standard InChI is InChI=1S/C23H33N7O3/c1-16(31)30-9-5-19(6-10-30)26-22-11-17(3-7-24-22)23(33)25-12-20(32)14-29-8-4-18-13-28(2)27-21(18)15-29/h3,7,11,13,19-20,32H,4-6,8-10,12,14-15H2,1-2H3,(H,24,26)(H,25,33)/t20-/m0/s1. The van der Waals surface area contributed by atoms with Gasteiger partial charge in [0.05, 0.1) is 11.8 Å². The Labute approximate surface area is 194 Å². The van der Waals surface area contributed by atoms with Crippen molar-refractivity contribution < 1.29 is 14.7 Å². The topological polar surface area (TPSA) is 116 Å². The lowest BCUT2D eigenvalue weighted by Crippen LogP contribution is -2.42. The highest BCUT2D eigenvalue weighted by molar-refractivity contribution is 5.94. The zero-order chi connectivity index (χ0) is 23.4. The smallest absolute Gasteiger partial charge is 0.251 e. The lowest BCUT2D eigenvalue weighted by atomic mass is 10.0. The number of fused-ring (bicyclic) bond motifs is 1. The van der Waals surface area contributed by atoms with Crippen molar-refractivity contribution >= 4 is 17.6 Å². The summed E-state index contributed by atoms with van der Waals surface area (Å²) in [5.74, 6) is 0.509. The van der Waals surface area contributed by atoms with Crippen LogP contribution >= 0.6 is 0 Å². The third kappa shape index (κ3) is 6.08. The van der Waals surface area contributed by atoms with Crippen molar-refractivity contribution in [3.05, 3.63) is 41.3 Å². The van der Waals surface area contributed by atoms with Crippen molar-refractivity contribution in [3.63, 3.8) is 0 Å². The first-order valence-corrected chi connectivity index (χ1v) is 11.6. The number of amides is 2. The molecule has 0 unspecified atom stereocenters. The molecule has 1 saturated heterocycles. The molecule has 2 amide bonds. The molecule has 2 aliphatic heterocycles. The Bertz CT molecular complexity index is 984. The van der Waals surface area contributed by atoms with Crippen molar-refractivity contribution in [1.29, 1.82) is 0 Å². The van der Waals surface area contributed by atoms with Crippen molar-refractivity contribution in [2.24, 2.45) is 7.05 Å². The van der Waals surface area contributed by atoms with E-state index in [-0.39, 0.29) is 24.4 Å². The first-order chi connectivity index (χ1) is 15.9. The number of aromatic nitrogens is 3. The van der Waals surface area contributed by atoms with Crippen LogP contribution in [0.2, 0.25) is 0 Å². The van der Waals surface area contributed by atoms with Crippen LogP contribution in [-0.2, 0) is 24.8 Å². The van der Waals surface area contributed by atoms with Gasteiger partial charge in [-0.3, -0.25) is 19.2 Å². The van der Waals surface area contributed by atoms with E-state index in [0.717, 1.165) is 44.6 Å². The van der Waals surface area contributed by atoms with Gasteiger partial charge < -0.3 is 20.6 Å². The van der Waals surface area contributed by atoms with Gasteiger partial charge in [-0.2, -0.15) is 5.10 Å². The molecule has 10 heteroatoms. The minimum absolute atomic E-state index is 0.106.